The van der Waals surface area contributed by atoms with Crippen molar-refractivity contribution in [2.24, 2.45) is 0 Å². The normalized spacial score (nSPS) is 12.9. The number of hydrogen-bond acceptors (Lipinski definition) is 4. The van der Waals surface area contributed by atoms with Gasteiger partial charge in [-0.3, -0.25) is 0 Å². The van der Waals surface area contributed by atoms with Gasteiger partial charge in [0.05, 0.1) is 10.1 Å². The van der Waals surface area contributed by atoms with Gasteiger partial charge in [0.1, 0.15) is 0 Å². The van der Waals surface area contributed by atoms with Crippen LogP contribution in [0, 0.1) is 0 Å². The number of hydrogen-bond donors (Lipinski definition) is 1. The number of rotatable bonds is 14. The van der Waals surface area contributed by atoms with Gasteiger partial charge in [-0.1, -0.05) is 64.7 Å². The molecule has 1 atom stereocenters. The van der Waals surface area contributed by atoms with E-state index in [1.54, 1.807) is 0 Å². The summed E-state index contributed by atoms with van der Waals surface area (Å²) in [5.74, 6) is 0. The second-order valence-corrected chi connectivity index (χ2v) is 7.25. The van der Waals surface area contributed by atoms with Gasteiger partial charge in [-0.05, 0) is 19.3 Å². The van der Waals surface area contributed by atoms with Crippen LogP contribution in [-0.2, 0) is 10.1 Å². The van der Waals surface area contributed by atoms with Crippen molar-refractivity contribution < 1.29 is 47.6 Å². The molecule has 0 rings (SSSR count). The Bertz CT molecular complexity index is 307. The van der Waals surface area contributed by atoms with Crippen LogP contribution in [-0.4, -0.2) is 29.9 Å². The molecule has 122 valence electrons. The molecule has 6 heteroatoms. The van der Waals surface area contributed by atoms with Crippen molar-refractivity contribution in [3.63, 3.8) is 0 Å². The first kappa shape index (κ1) is 24.1. The molecule has 0 bridgehead atoms. The maximum absolute atomic E-state index is 11.1. The Morgan fingerprint density at radius 3 is 1.71 bits per heavy atom. The van der Waals surface area contributed by atoms with Gasteiger partial charge in [0.2, 0.25) is 0 Å². The predicted molar refractivity (Wildman–Crippen MR) is 81.6 cm³/mol. The van der Waals surface area contributed by atoms with Crippen LogP contribution in [0.2, 0.25) is 0 Å². The number of unbranched alkanes of at least 4 members (excludes halogenated alkanes) is 8. The zero-order chi connectivity index (χ0) is 15.3. The van der Waals surface area contributed by atoms with Crippen molar-refractivity contribution in [1.82, 2.24) is 0 Å². The van der Waals surface area contributed by atoms with Crippen LogP contribution in [0.15, 0.2) is 0 Å². The summed E-state index contributed by atoms with van der Waals surface area (Å²) in [6.07, 6.45) is 11.2. The van der Waals surface area contributed by atoms with Crippen molar-refractivity contribution in [1.29, 1.82) is 0 Å². The van der Waals surface area contributed by atoms with Crippen LogP contribution < -0.4 is 29.6 Å². The van der Waals surface area contributed by atoms with E-state index in [9.17, 15) is 13.0 Å². The summed E-state index contributed by atoms with van der Waals surface area (Å²) < 4.78 is 33.4. The second kappa shape index (κ2) is 15.8. The molecular weight excluding hydrogens is 299 g/mol. The summed E-state index contributed by atoms with van der Waals surface area (Å²) >= 11 is 0. The van der Waals surface area contributed by atoms with Crippen LogP contribution in [0.4, 0.5) is 0 Å². The van der Waals surface area contributed by atoms with E-state index < -0.39 is 15.4 Å². The number of aliphatic hydroxyl groups excluding tert-OH is 1. The molecule has 21 heavy (non-hydrogen) atoms. The van der Waals surface area contributed by atoms with E-state index in [-0.39, 0.29) is 36.2 Å². The summed E-state index contributed by atoms with van der Waals surface area (Å²) in [5, 5.41) is 7.97. The predicted octanol–water partition coefficient (Wildman–Crippen LogP) is 0.598. The second-order valence-electron chi connectivity index (χ2n) is 5.60. The van der Waals surface area contributed by atoms with E-state index in [0.29, 0.717) is 12.8 Å². The third kappa shape index (κ3) is 15.5. The first-order chi connectivity index (χ1) is 9.52. The molecule has 0 spiro atoms. The Kier molecular flexibility index (Phi) is 18.1. The molecule has 0 radical (unpaired) electrons. The first-order valence-corrected chi connectivity index (χ1v) is 9.55. The molecule has 0 saturated heterocycles. The maximum Gasteiger partial charge on any atom is 1.00 e. The van der Waals surface area contributed by atoms with Gasteiger partial charge >= 0.3 is 29.6 Å². The fourth-order valence-electron chi connectivity index (χ4n) is 2.41. The van der Waals surface area contributed by atoms with Gasteiger partial charge in [-0.15, -0.1) is 0 Å². The van der Waals surface area contributed by atoms with E-state index in [4.69, 9.17) is 5.11 Å². The molecule has 0 saturated carbocycles. The molecule has 0 aliphatic rings. The average Bonchev–Trinajstić information content (AvgIpc) is 2.38. The summed E-state index contributed by atoms with van der Waals surface area (Å²) in [6.45, 7) is 2.29. The van der Waals surface area contributed by atoms with E-state index in [2.05, 4.69) is 0 Å². The van der Waals surface area contributed by atoms with E-state index in [1.807, 2.05) is 6.92 Å². The summed E-state index contributed by atoms with van der Waals surface area (Å²) in [6, 6.07) is 0. The van der Waals surface area contributed by atoms with Crippen LogP contribution in [0.3, 0.4) is 0 Å². The topological polar surface area (TPSA) is 77.4 Å². The van der Waals surface area contributed by atoms with Crippen molar-refractivity contribution in [3.8, 4) is 0 Å². The fraction of sp³-hybridized carbons (Fsp3) is 1.00. The molecule has 0 aromatic carbocycles. The van der Waals surface area contributed by atoms with Crippen molar-refractivity contribution in [3.05, 3.63) is 0 Å². The van der Waals surface area contributed by atoms with E-state index in [1.165, 1.54) is 6.42 Å². The van der Waals surface area contributed by atoms with Gasteiger partial charge < -0.3 is 9.66 Å². The molecule has 4 nitrogen and oxygen atoms in total. The van der Waals surface area contributed by atoms with Gasteiger partial charge in [-0.2, -0.15) is 0 Å². The molecule has 0 heterocycles. The largest absolute Gasteiger partial charge is 1.00 e. The third-order valence-electron chi connectivity index (χ3n) is 3.72. The Hall–Kier alpha value is 0.870. The van der Waals surface area contributed by atoms with Gasteiger partial charge in [0.25, 0.3) is 0 Å². The molecule has 0 aliphatic carbocycles. The van der Waals surface area contributed by atoms with E-state index in [0.717, 1.165) is 57.8 Å². The van der Waals surface area contributed by atoms with Crippen molar-refractivity contribution >= 4 is 10.1 Å². The maximum atomic E-state index is 11.1. The van der Waals surface area contributed by atoms with E-state index >= 15 is 0 Å². The zero-order valence-electron chi connectivity index (χ0n) is 13.8. The number of aliphatic hydroxyl groups is 1. The zero-order valence-corrected chi connectivity index (χ0v) is 16.7. The van der Waals surface area contributed by atoms with Crippen molar-refractivity contribution in [2.45, 2.75) is 89.2 Å². The fourth-order valence-corrected chi connectivity index (χ4v) is 3.32. The van der Waals surface area contributed by atoms with Crippen LogP contribution in [0.5, 0.6) is 0 Å². The van der Waals surface area contributed by atoms with Crippen molar-refractivity contribution in [2.75, 3.05) is 6.61 Å². The van der Waals surface area contributed by atoms with Gasteiger partial charge in [0.15, 0.2) is 0 Å². The molecule has 0 amide bonds. The molecule has 0 aliphatic heterocycles. The Labute approximate surface area is 153 Å². The van der Waals surface area contributed by atoms with Gasteiger partial charge in [0, 0.05) is 11.9 Å². The third-order valence-corrected chi connectivity index (χ3v) is 5.01. The average molecular weight is 330 g/mol. The minimum Gasteiger partial charge on any atom is -0.748 e. The van der Waals surface area contributed by atoms with Crippen LogP contribution >= 0.6 is 0 Å². The Balaban J connectivity index is 0. The first-order valence-electron chi connectivity index (χ1n) is 8.08. The Morgan fingerprint density at radius 2 is 1.29 bits per heavy atom. The summed E-state index contributed by atoms with van der Waals surface area (Å²) in [4.78, 5) is 0. The summed E-state index contributed by atoms with van der Waals surface area (Å²) in [7, 11) is -4.12. The quantitative estimate of drug-likeness (QED) is 0.287. The summed E-state index contributed by atoms with van der Waals surface area (Å²) in [5.41, 5.74) is 0. The molecule has 0 aromatic heterocycles. The molecular formula is C15H31NaO4S. The molecule has 0 fully saturated rings. The van der Waals surface area contributed by atoms with Crippen LogP contribution in [0.1, 0.15) is 84.0 Å². The smallest absolute Gasteiger partial charge is 0.748 e. The monoisotopic (exact) mass is 330 g/mol. The standard InChI is InChI=1S/C15H32O4S.Na/c1-2-3-12-15(20(17,18)19)13-10-8-6-4-5-7-9-11-14-16;/h15-16H,2-14H2,1H3,(H,17,18,19);/q;+1/p-1. The SMILES string of the molecule is CCCCC(CCCCCCCCCCO)S(=O)(=O)[O-].[Na+]. The molecule has 1 unspecified atom stereocenters. The van der Waals surface area contributed by atoms with Crippen LogP contribution in [0.25, 0.3) is 0 Å². The molecule has 0 aromatic rings. The minimum absolute atomic E-state index is 0. The minimum atomic E-state index is -4.12. The Morgan fingerprint density at radius 1 is 0.857 bits per heavy atom. The molecule has 1 N–H and O–H groups in total. The van der Waals surface area contributed by atoms with Gasteiger partial charge in [-0.25, -0.2) is 8.42 Å².